The summed E-state index contributed by atoms with van der Waals surface area (Å²) in [5, 5.41) is 6.00. The second-order valence-corrected chi connectivity index (χ2v) is 6.22. The Kier molecular flexibility index (Phi) is 8.60. The van der Waals surface area contributed by atoms with E-state index in [4.69, 9.17) is 4.74 Å². The Labute approximate surface area is 150 Å². The fourth-order valence-corrected chi connectivity index (χ4v) is 2.29. The van der Waals surface area contributed by atoms with E-state index in [9.17, 15) is 9.59 Å². The molecule has 1 rings (SSSR count). The minimum Gasteiger partial charge on any atom is -0.463 e. The van der Waals surface area contributed by atoms with Crippen LogP contribution in [0.5, 0.6) is 0 Å². The van der Waals surface area contributed by atoms with Gasteiger partial charge in [0.05, 0.1) is 10.2 Å². The second-order valence-electron chi connectivity index (χ2n) is 5.06. The quantitative estimate of drug-likeness (QED) is 0.286. The van der Waals surface area contributed by atoms with Gasteiger partial charge in [-0.25, -0.2) is 9.78 Å². The van der Waals surface area contributed by atoms with Gasteiger partial charge in [-0.1, -0.05) is 13.8 Å². The molecule has 2 N–H and O–H groups in total. The van der Waals surface area contributed by atoms with Crippen LogP contribution in [0.4, 0.5) is 5.82 Å². The van der Waals surface area contributed by atoms with Crippen molar-refractivity contribution in [2.75, 3.05) is 25.0 Å². The number of aromatic nitrogens is 1. The number of halogens is 1. The molecule has 0 aliphatic rings. The first kappa shape index (κ1) is 19.4. The van der Waals surface area contributed by atoms with E-state index in [1.54, 1.807) is 19.2 Å². The van der Waals surface area contributed by atoms with Crippen LogP contribution < -0.4 is 10.6 Å². The van der Waals surface area contributed by atoms with Crippen molar-refractivity contribution in [1.82, 2.24) is 10.3 Å². The van der Waals surface area contributed by atoms with Crippen LogP contribution in [-0.2, 0) is 14.3 Å². The Morgan fingerprint density at radius 2 is 2.13 bits per heavy atom. The van der Waals surface area contributed by atoms with Crippen molar-refractivity contribution >= 4 is 46.4 Å². The number of pyridine rings is 1. The molecule has 0 spiro atoms. The molecule has 0 fully saturated rings. The van der Waals surface area contributed by atoms with Crippen molar-refractivity contribution in [3.63, 3.8) is 0 Å². The predicted molar refractivity (Wildman–Crippen MR) is 99.0 cm³/mol. The third-order valence-electron chi connectivity index (χ3n) is 2.80. The molecule has 6 nitrogen and oxygen atoms in total. The number of rotatable bonds is 8. The summed E-state index contributed by atoms with van der Waals surface area (Å²) < 4.78 is 5.76. The Hall–Kier alpha value is -1.64. The predicted octanol–water partition coefficient (Wildman–Crippen LogP) is 2.45. The number of amides is 1. The smallest absolute Gasteiger partial charge is 0.330 e. The fraction of sp³-hybridized carbons (Fsp3) is 0.438. The van der Waals surface area contributed by atoms with E-state index < -0.39 is 0 Å². The van der Waals surface area contributed by atoms with Gasteiger partial charge >= 0.3 is 5.97 Å². The van der Waals surface area contributed by atoms with Gasteiger partial charge in [-0.15, -0.1) is 0 Å². The number of carbonyl (C=O) groups excluding carboxylic acids is 2. The van der Waals surface area contributed by atoms with Crippen LogP contribution >= 0.6 is 22.6 Å². The number of carbonyl (C=O) groups is 2. The Morgan fingerprint density at radius 1 is 1.39 bits per heavy atom. The number of esters is 1. The van der Waals surface area contributed by atoms with Gasteiger partial charge in [0.1, 0.15) is 5.82 Å². The highest BCUT2D eigenvalue weighted by Crippen LogP contribution is 2.17. The largest absolute Gasteiger partial charge is 0.463 e. The van der Waals surface area contributed by atoms with Crippen molar-refractivity contribution in [2.45, 2.75) is 20.8 Å². The summed E-state index contributed by atoms with van der Waals surface area (Å²) in [7, 11) is 0. The van der Waals surface area contributed by atoms with Gasteiger partial charge in [0, 0.05) is 31.3 Å². The molecule has 7 heteroatoms. The maximum Gasteiger partial charge on any atom is 0.330 e. The lowest BCUT2D eigenvalue weighted by molar-refractivity contribution is -0.137. The van der Waals surface area contributed by atoms with Gasteiger partial charge in [0.25, 0.3) is 0 Å². The summed E-state index contributed by atoms with van der Waals surface area (Å²) in [5.41, 5.74) is 0.820. The van der Waals surface area contributed by atoms with Crippen LogP contribution in [0.2, 0.25) is 0 Å². The van der Waals surface area contributed by atoms with Gasteiger partial charge in [-0.3, -0.25) is 4.79 Å². The highest BCUT2D eigenvalue weighted by molar-refractivity contribution is 14.1. The van der Waals surface area contributed by atoms with Crippen LogP contribution in [0.3, 0.4) is 0 Å². The number of hydrogen-bond donors (Lipinski definition) is 2. The third kappa shape index (κ3) is 7.45. The summed E-state index contributed by atoms with van der Waals surface area (Å²) in [5.74, 6) is 0.399. The monoisotopic (exact) mass is 431 g/mol. The van der Waals surface area contributed by atoms with Gasteiger partial charge in [0.2, 0.25) is 5.91 Å². The van der Waals surface area contributed by atoms with E-state index in [2.05, 4.69) is 38.2 Å². The van der Waals surface area contributed by atoms with Crippen LogP contribution in [0, 0.1) is 9.49 Å². The number of ether oxygens (including phenoxy) is 1. The molecule has 0 aromatic carbocycles. The molecule has 1 heterocycles. The zero-order chi connectivity index (χ0) is 17.2. The third-order valence-corrected chi connectivity index (χ3v) is 3.62. The van der Waals surface area contributed by atoms with E-state index in [0.29, 0.717) is 19.7 Å². The zero-order valence-electron chi connectivity index (χ0n) is 13.6. The summed E-state index contributed by atoms with van der Waals surface area (Å²) in [6, 6.07) is 1.91. The van der Waals surface area contributed by atoms with Crippen molar-refractivity contribution in [2.24, 2.45) is 5.92 Å². The molecular weight excluding hydrogens is 409 g/mol. The lowest BCUT2D eigenvalue weighted by Gasteiger charge is -2.10. The molecule has 0 bridgehead atoms. The molecule has 126 valence electrons. The fourth-order valence-electron chi connectivity index (χ4n) is 1.60. The van der Waals surface area contributed by atoms with Crippen LogP contribution in [-0.4, -0.2) is 36.6 Å². The Bertz CT molecular complexity index is 574. The Balaban J connectivity index is 2.50. The highest BCUT2D eigenvalue weighted by atomic mass is 127. The second kappa shape index (κ2) is 10.2. The average molecular weight is 431 g/mol. The van der Waals surface area contributed by atoms with Crippen molar-refractivity contribution in [3.05, 3.63) is 27.5 Å². The molecule has 0 radical (unpaired) electrons. The topological polar surface area (TPSA) is 80.3 Å². The summed E-state index contributed by atoms with van der Waals surface area (Å²) in [4.78, 5) is 27.0. The highest BCUT2D eigenvalue weighted by Gasteiger charge is 2.06. The van der Waals surface area contributed by atoms with E-state index in [1.165, 1.54) is 6.08 Å². The average Bonchev–Trinajstić information content (AvgIpc) is 2.51. The van der Waals surface area contributed by atoms with Crippen molar-refractivity contribution in [3.8, 4) is 0 Å². The molecule has 0 saturated carbocycles. The minimum atomic E-state index is -0.370. The molecule has 1 amide bonds. The molecule has 0 saturated heterocycles. The minimum absolute atomic E-state index is 0.0151. The van der Waals surface area contributed by atoms with Crippen LogP contribution in [0.15, 0.2) is 18.3 Å². The van der Waals surface area contributed by atoms with Gasteiger partial charge in [-0.2, -0.15) is 0 Å². The summed E-state index contributed by atoms with van der Waals surface area (Å²) in [6.45, 7) is 6.97. The molecule has 0 unspecified atom stereocenters. The molecule has 1 aromatic rings. The maximum absolute atomic E-state index is 11.4. The summed E-state index contributed by atoms with van der Waals surface area (Å²) in [6.07, 6.45) is 4.72. The van der Waals surface area contributed by atoms with Crippen molar-refractivity contribution < 1.29 is 14.3 Å². The maximum atomic E-state index is 11.4. The zero-order valence-corrected chi connectivity index (χ0v) is 15.7. The normalized spacial score (nSPS) is 10.8. The standard InChI is InChI=1S/C16H22IN3O3/c1-4-23-14(21)6-5-12-9-13(17)15(20-10-12)18-7-8-19-16(22)11(2)3/h5-6,9-11H,4,7-8H2,1-3H3,(H,18,20)(H,19,22)/b6-5+. The molecule has 23 heavy (non-hydrogen) atoms. The van der Waals surface area contributed by atoms with Gasteiger partial charge in [0.15, 0.2) is 0 Å². The number of anilines is 1. The number of nitrogens with one attached hydrogen (secondary N) is 2. The molecule has 0 aliphatic carbocycles. The molecule has 0 aliphatic heterocycles. The van der Waals surface area contributed by atoms with E-state index >= 15 is 0 Å². The first-order valence-electron chi connectivity index (χ1n) is 7.46. The lowest BCUT2D eigenvalue weighted by Crippen LogP contribution is -2.32. The van der Waals surface area contributed by atoms with Crippen molar-refractivity contribution in [1.29, 1.82) is 0 Å². The van der Waals surface area contributed by atoms with Crippen LogP contribution in [0.1, 0.15) is 26.3 Å². The van der Waals surface area contributed by atoms with E-state index in [1.807, 2.05) is 19.9 Å². The molecule has 0 atom stereocenters. The Morgan fingerprint density at radius 3 is 2.74 bits per heavy atom. The SMILES string of the molecule is CCOC(=O)/C=C/c1cnc(NCCNC(=O)C(C)C)c(I)c1. The molecular formula is C16H22IN3O3. The van der Waals surface area contributed by atoms with E-state index in [-0.39, 0.29) is 17.8 Å². The van der Waals surface area contributed by atoms with E-state index in [0.717, 1.165) is 15.0 Å². The first-order valence-corrected chi connectivity index (χ1v) is 8.53. The first-order chi connectivity index (χ1) is 10.9. The summed E-state index contributed by atoms with van der Waals surface area (Å²) >= 11 is 2.17. The molecule has 1 aromatic heterocycles. The number of hydrogen-bond acceptors (Lipinski definition) is 5. The number of nitrogens with zero attached hydrogens (tertiary/aromatic N) is 1. The lowest BCUT2D eigenvalue weighted by atomic mass is 10.2. The van der Waals surface area contributed by atoms with Crippen LogP contribution in [0.25, 0.3) is 6.08 Å². The van der Waals surface area contributed by atoms with Gasteiger partial charge < -0.3 is 15.4 Å². The van der Waals surface area contributed by atoms with Gasteiger partial charge in [-0.05, 0) is 47.2 Å².